The molecular weight excluding hydrogens is 248 g/mol. The van der Waals surface area contributed by atoms with Gasteiger partial charge in [-0.05, 0) is 29.8 Å². The summed E-state index contributed by atoms with van der Waals surface area (Å²) >= 11 is 3.11. The Morgan fingerprint density at radius 3 is 2.86 bits per heavy atom. The van der Waals surface area contributed by atoms with Crippen LogP contribution >= 0.6 is 15.9 Å². The van der Waals surface area contributed by atoms with Crippen molar-refractivity contribution in [3.8, 4) is 0 Å². The highest BCUT2D eigenvalue weighted by molar-refractivity contribution is 9.10. The molecule has 14 heavy (non-hydrogen) atoms. The molecule has 0 unspecified atom stereocenters. The van der Waals surface area contributed by atoms with E-state index in [-0.39, 0.29) is 11.3 Å². The quantitative estimate of drug-likeness (QED) is 0.821. The van der Waals surface area contributed by atoms with E-state index < -0.39 is 0 Å². The molecule has 0 atom stereocenters. The van der Waals surface area contributed by atoms with Gasteiger partial charge in [-0.3, -0.25) is 14.2 Å². The van der Waals surface area contributed by atoms with Crippen molar-refractivity contribution in [3.05, 3.63) is 26.8 Å². The lowest BCUT2D eigenvalue weighted by Crippen LogP contribution is -2.24. The van der Waals surface area contributed by atoms with E-state index in [1.54, 1.807) is 6.92 Å². The second kappa shape index (κ2) is 4.50. The molecule has 0 bridgehead atoms. The lowest BCUT2D eigenvalue weighted by Gasteiger charge is -2.07. The molecule has 0 radical (unpaired) electrons. The van der Waals surface area contributed by atoms with Gasteiger partial charge in [0.05, 0.1) is 0 Å². The van der Waals surface area contributed by atoms with E-state index in [2.05, 4.69) is 20.9 Å². The summed E-state index contributed by atoms with van der Waals surface area (Å²) in [6.07, 6.45) is 1.83. The molecule has 1 aromatic rings. The van der Waals surface area contributed by atoms with Crippen LogP contribution in [0.1, 0.15) is 19.2 Å². The van der Waals surface area contributed by atoms with Gasteiger partial charge in [-0.2, -0.15) is 0 Å². The molecule has 0 N–H and O–H groups in total. The molecule has 0 aliphatic carbocycles. The molecule has 0 amide bonds. The predicted molar refractivity (Wildman–Crippen MR) is 56.2 cm³/mol. The average Bonchev–Trinajstić information content (AvgIpc) is 2.11. The lowest BCUT2D eigenvalue weighted by atomic mass is 10.3. The van der Waals surface area contributed by atoms with E-state index in [9.17, 15) is 9.59 Å². The first kappa shape index (κ1) is 11.1. The van der Waals surface area contributed by atoms with Crippen LogP contribution in [0.15, 0.2) is 15.5 Å². The molecule has 0 aliphatic rings. The van der Waals surface area contributed by atoms with E-state index in [4.69, 9.17) is 0 Å². The van der Waals surface area contributed by atoms with Gasteiger partial charge in [0, 0.05) is 19.2 Å². The van der Waals surface area contributed by atoms with Gasteiger partial charge in [-0.15, -0.1) is 0 Å². The van der Waals surface area contributed by atoms with Gasteiger partial charge in [-0.25, -0.2) is 4.98 Å². The van der Waals surface area contributed by atoms with Crippen LogP contribution in [0.4, 0.5) is 0 Å². The third-order valence-electron chi connectivity index (χ3n) is 1.89. The maximum Gasteiger partial charge on any atom is 0.267 e. The zero-order valence-electron chi connectivity index (χ0n) is 8.08. The molecule has 0 saturated heterocycles. The monoisotopic (exact) mass is 258 g/mol. The minimum atomic E-state index is -0.140. The molecule has 1 rings (SSSR count). The number of aryl methyl sites for hydroxylation is 1. The molecular formula is C9H11BrN2O2. The standard InChI is InChI=1S/C9H11BrN2O2/c1-6(13)3-4-12-7(2)11-5-8(10)9(12)14/h5H,3-4H2,1-2H3. The van der Waals surface area contributed by atoms with Crippen molar-refractivity contribution in [2.24, 2.45) is 0 Å². The summed E-state index contributed by atoms with van der Waals surface area (Å²) in [6.45, 7) is 3.65. The Balaban J connectivity index is 3.01. The first-order valence-electron chi connectivity index (χ1n) is 4.23. The van der Waals surface area contributed by atoms with Crippen LogP contribution < -0.4 is 5.56 Å². The summed E-state index contributed by atoms with van der Waals surface area (Å²) in [6, 6.07) is 0. The highest BCUT2D eigenvalue weighted by Gasteiger charge is 2.05. The maximum atomic E-state index is 11.6. The fourth-order valence-electron chi connectivity index (χ4n) is 1.08. The van der Waals surface area contributed by atoms with E-state index >= 15 is 0 Å². The fraction of sp³-hybridized carbons (Fsp3) is 0.444. The van der Waals surface area contributed by atoms with Crippen LogP contribution in [0.3, 0.4) is 0 Å². The van der Waals surface area contributed by atoms with Gasteiger partial charge in [0.1, 0.15) is 16.1 Å². The van der Waals surface area contributed by atoms with Crippen molar-refractivity contribution < 1.29 is 4.79 Å². The SMILES string of the molecule is CC(=O)CCn1c(C)ncc(Br)c1=O. The third kappa shape index (κ3) is 2.51. The number of rotatable bonds is 3. The van der Waals surface area contributed by atoms with Gasteiger partial charge < -0.3 is 0 Å². The first-order valence-corrected chi connectivity index (χ1v) is 5.03. The second-order valence-electron chi connectivity index (χ2n) is 3.06. The summed E-state index contributed by atoms with van der Waals surface area (Å²) in [5, 5.41) is 0. The van der Waals surface area contributed by atoms with Crippen LogP contribution in [-0.2, 0) is 11.3 Å². The zero-order chi connectivity index (χ0) is 10.7. The number of hydrogen-bond acceptors (Lipinski definition) is 3. The molecule has 5 heteroatoms. The van der Waals surface area contributed by atoms with Gasteiger partial charge in [0.25, 0.3) is 5.56 Å². The number of hydrogen-bond donors (Lipinski definition) is 0. The first-order chi connectivity index (χ1) is 6.52. The van der Waals surface area contributed by atoms with Crippen LogP contribution in [0.2, 0.25) is 0 Å². The normalized spacial score (nSPS) is 10.2. The summed E-state index contributed by atoms with van der Waals surface area (Å²) in [5.41, 5.74) is -0.140. The number of aromatic nitrogens is 2. The molecule has 1 aromatic heterocycles. The average molecular weight is 259 g/mol. The maximum absolute atomic E-state index is 11.6. The molecule has 0 aromatic carbocycles. The Morgan fingerprint density at radius 1 is 1.64 bits per heavy atom. The van der Waals surface area contributed by atoms with Gasteiger partial charge >= 0.3 is 0 Å². The Bertz CT molecular complexity index is 412. The Kier molecular flexibility index (Phi) is 3.57. The number of nitrogens with zero attached hydrogens (tertiary/aromatic N) is 2. The summed E-state index contributed by atoms with van der Waals surface area (Å²) in [4.78, 5) is 26.4. The van der Waals surface area contributed by atoms with Crippen LogP contribution in [0.25, 0.3) is 0 Å². The Morgan fingerprint density at radius 2 is 2.29 bits per heavy atom. The smallest absolute Gasteiger partial charge is 0.267 e. The minimum absolute atomic E-state index is 0.0660. The molecule has 0 saturated carbocycles. The number of halogens is 1. The summed E-state index contributed by atoms with van der Waals surface area (Å²) in [7, 11) is 0. The van der Waals surface area contributed by atoms with E-state index in [0.29, 0.717) is 23.3 Å². The summed E-state index contributed by atoms with van der Waals surface area (Å²) in [5.74, 6) is 0.690. The topological polar surface area (TPSA) is 52.0 Å². The van der Waals surface area contributed by atoms with E-state index in [1.165, 1.54) is 17.7 Å². The summed E-state index contributed by atoms with van der Waals surface area (Å²) < 4.78 is 1.91. The van der Waals surface area contributed by atoms with Crippen molar-refractivity contribution in [2.75, 3.05) is 0 Å². The predicted octanol–water partition coefficient (Wildman–Crippen LogP) is 1.29. The Hall–Kier alpha value is -0.970. The number of ketones is 1. The van der Waals surface area contributed by atoms with Gasteiger partial charge in [0.15, 0.2) is 0 Å². The molecule has 4 nitrogen and oxygen atoms in total. The lowest BCUT2D eigenvalue weighted by molar-refractivity contribution is -0.117. The third-order valence-corrected chi connectivity index (χ3v) is 2.44. The van der Waals surface area contributed by atoms with Gasteiger partial charge in [-0.1, -0.05) is 0 Å². The van der Waals surface area contributed by atoms with Crippen molar-refractivity contribution in [1.29, 1.82) is 0 Å². The van der Waals surface area contributed by atoms with Crippen LogP contribution in [0, 0.1) is 6.92 Å². The highest BCUT2D eigenvalue weighted by atomic mass is 79.9. The molecule has 0 fully saturated rings. The van der Waals surface area contributed by atoms with Crippen LogP contribution in [0.5, 0.6) is 0 Å². The number of carbonyl (C=O) groups is 1. The molecule has 1 heterocycles. The van der Waals surface area contributed by atoms with Gasteiger partial charge in [0.2, 0.25) is 0 Å². The van der Waals surface area contributed by atoms with Crippen molar-refractivity contribution >= 4 is 21.7 Å². The van der Waals surface area contributed by atoms with Crippen molar-refractivity contribution in [3.63, 3.8) is 0 Å². The number of carbonyl (C=O) groups excluding carboxylic acids is 1. The Labute approximate surface area is 90.1 Å². The van der Waals surface area contributed by atoms with Crippen molar-refractivity contribution in [2.45, 2.75) is 26.8 Å². The zero-order valence-corrected chi connectivity index (χ0v) is 9.67. The second-order valence-corrected chi connectivity index (χ2v) is 3.92. The van der Waals surface area contributed by atoms with Crippen molar-refractivity contribution in [1.82, 2.24) is 9.55 Å². The fourth-order valence-corrected chi connectivity index (χ4v) is 1.40. The highest BCUT2D eigenvalue weighted by Crippen LogP contribution is 2.02. The largest absolute Gasteiger partial charge is 0.300 e. The molecule has 76 valence electrons. The minimum Gasteiger partial charge on any atom is -0.300 e. The van der Waals surface area contributed by atoms with E-state index in [0.717, 1.165) is 0 Å². The number of Topliss-reactive ketones (excluding diaryl/α,β-unsaturated/α-hetero) is 1. The van der Waals surface area contributed by atoms with Crippen LogP contribution in [-0.4, -0.2) is 15.3 Å². The molecule has 0 spiro atoms. The molecule has 0 aliphatic heterocycles. The van der Waals surface area contributed by atoms with E-state index in [1.807, 2.05) is 0 Å².